The first-order chi connectivity index (χ1) is 9.47. The van der Waals surface area contributed by atoms with Crippen LogP contribution in [0.4, 0.5) is 4.39 Å². The van der Waals surface area contributed by atoms with Crippen LogP contribution in [-0.4, -0.2) is 35.0 Å². The molecule has 1 heterocycles. The minimum absolute atomic E-state index is 0.0241. The molecule has 4 nitrogen and oxygen atoms in total. The van der Waals surface area contributed by atoms with Crippen LogP contribution in [0, 0.1) is 11.7 Å². The summed E-state index contributed by atoms with van der Waals surface area (Å²) >= 11 is 5.59. The van der Waals surface area contributed by atoms with Crippen LogP contribution in [0.1, 0.15) is 29.6 Å². The van der Waals surface area contributed by atoms with E-state index in [9.17, 15) is 14.0 Å². The van der Waals surface area contributed by atoms with Crippen molar-refractivity contribution in [1.29, 1.82) is 0 Å². The third-order valence-corrected chi connectivity index (χ3v) is 3.74. The molecule has 1 atom stereocenters. The van der Waals surface area contributed by atoms with Gasteiger partial charge in [-0.3, -0.25) is 9.59 Å². The number of carbonyl (C=O) groups is 2. The molecule has 1 N–H and O–H groups in total. The summed E-state index contributed by atoms with van der Waals surface area (Å²) in [4.78, 5) is 24.6. The van der Waals surface area contributed by atoms with Crippen LogP contribution in [-0.2, 0) is 4.79 Å². The fraction of sp³-hybridized carbons (Fsp3) is 0.429. The number of hydrogen-bond donors (Lipinski definition) is 1. The van der Waals surface area contributed by atoms with Crippen molar-refractivity contribution in [2.24, 2.45) is 5.92 Å². The molecule has 1 saturated heterocycles. The number of aliphatic carboxylic acids is 1. The Kier molecular flexibility index (Phi) is 4.60. The highest BCUT2D eigenvalue weighted by molar-refractivity contribution is 6.30. The molecule has 1 aliphatic rings. The maximum atomic E-state index is 13.4. The lowest BCUT2D eigenvalue weighted by molar-refractivity contribution is -0.138. The minimum atomic E-state index is -0.859. The molecule has 1 aliphatic heterocycles. The first-order valence-corrected chi connectivity index (χ1v) is 6.81. The van der Waals surface area contributed by atoms with Crippen molar-refractivity contribution in [2.45, 2.75) is 19.3 Å². The van der Waals surface area contributed by atoms with E-state index in [-0.39, 0.29) is 28.8 Å². The molecule has 0 spiro atoms. The van der Waals surface area contributed by atoms with E-state index >= 15 is 0 Å². The molecule has 1 aromatic rings. The van der Waals surface area contributed by atoms with Crippen LogP contribution >= 0.6 is 11.6 Å². The molecule has 0 aromatic heterocycles. The Hall–Kier alpha value is -1.62. The standard InChI is InChI=1S/C14H15ClFNO3/c15-11-4-3-10(7-12(11)16)14(20)17-5-1-2-9(8-17)6-13(18)19/h3-4,7,9H,1-2,5-6,8H2,(H,18,19). The molecule has 6 heteroatoms. The Morgan fingerprint density at radius 3 is 2.85 bits per heavy atom. The first kappa shape index (κ1) is 14.8. The minimum Gasteiger partial charge on any atom is -0.481 e. The summed E-state index contributed by atoms with van der Waals surface area (Å²) in [5, 5.41) is 8.78. The smallest absolute Gasteiger partial charge is 0.303 e. The molecule has 0 bridgehead atoms. The summed E-state index contributed by atoms with van der Waals surface area (Å²) in [7, 11) is 0. The molecule has 20 heavy (non-hydrogen) atoms. The molecule has 1 fully saturated rings. The number of carboxylic acids is 1. The molecule has 0 saturated carbocycles. The number of halogens is 2. The van der Waals surface area contributed by atoms with Gasteiger partial charge in [0.05, 0.1) is 5.02 Å². The van der Waals surface area contributed by atoms with Gasteiger partial charge in [-0.15, -0.1) is 0 Å². The Labute approximate surface area is 121 Å². The van der Waals surface area contributed by atoms with Crippen molar-refractivity contribution < 1.29 is 19.1 Å². The molecule has 1 aromatic carbocycles. The van der Waals surface area contributed by atoms with Gasteiger partial charge in [-0.05, 0) is 37.0 Å². The third-order valence-electron chi connectivity index (χ3n) is 3.44. The molecule has 1 unspecified atom stereocenters. The number of carbonyl (C=O) groups excluding carboxylic acids is 1. The van der Waals surface area contributed by atoms with Gasteiger partial charge in [0, 0.05) is 25.1 Å². The van der Waals surface area contributed by atoms with Crippen LogP contribution in [0.25, 0.3) is 0 Å². The Morgan fingerprint density at radius 1 is 1.45 bits per heavy atom. The first-order valence-electron chi connectivity index (χ1n) is 6.43. The normalized spacial score (nSPS) is 18.9. The van der Waals surface area contributed by atoms with Crippen LogP contribution in [0.5, 0.6) is 0 Å². The zero-order valence-electron chi connectivity index (χ0n) is 10.8. The number of piperidine rings is 1. The second kappa shape index (κ2) is 6.22. The van der Waals surface area contributed by atoms with Crippen molar-refractivity contribution in [3.63, 3.8) is 0 Å². The largest absolute Gasteiger partial charge is 0.481 e. The quantitative estimate of drug-likeness (QED) is 0.933. The highest BCUT2D eigenvalue weighted by Crippen LogP contribution is 2.22. The van der Waals surface area contributed by atoms with Crippen LogP contribution < -0.4 is 0 Å². The number of hydrogen-bond acceptors (Lipinski definition) is 2. The highest BCUT2D eigenvalue weighted by atomic mass is 35.5. The maximum absolute atomic E-state index is 13.4. The van der Waals surface area contributed by atoms with Crippen molar-refractivity contribution in [3.05, 3.63) is 34.6 Å². The lowest BCUT2D eigenvalue weighted by atomic mass is 9.94. The SMILES string of the molecule is O=C(O)CC1CCCN(C(=O)c2ccc(Cl)c(F)c2)C1. The van der Waals surface area contributed by atoms with Gasteiger partial charge >= 0.3 is 5.97 Å². The van der Waals surface area contributed by atoms with E-state index in [1.165, 1.54) is 12.1 Å². The molecule has 1 amide bonds. The van der Waals surface area contributed by atoms with Crippen molar-refractivity contribution in [2.75, 3.05) is 13.1 Å². The van der Waals surface area contributed by atoms with Gasteiger partial charge in [-0.2, -0.15) is 0 Å². The molecular weight excluding hydrogens is 285 g/mol. The van der Waals surface area contributed by atoms with Crippen molar-refractivity contribution in [3.8, 4) is 0 Å². The number of rotatable bonds is 3. The predicted octanol–water partition coefficient (Wildman–Crippen LogP) is 2.81. The lowest BCUT2D eigenvalue weighted by Crippen LogP contribution is -2.40. The fourth-order valence-electron chi connectivity index (χ4n) is 2.47. The topological polar surface area (TPSA) is 57.6 Å². The zero-order valence-corrected chi connectivity index (χ0v) is 11.6. The molecular formula is C14H15ClFNO3. The molecule has 108 valence electrons. The van der Waals surface area contributed by atoms with E-state index in [0.29, 0.717) is 13.1 Å². The summed E-state index contributed by atoms with van der Waals surface area (Å²) in [6, 6.07) is 3.95. The number of amides is 1. The van der Waals surface area contributed by atoms with Gasteiger partial charge in [0.25, 0.3) is 5.91 Å². The van der Waals surface area contributed by atoms with E-state index in [1.54, 1.807) is 4.90 Å². The number of benzene rings is 1. The number of likely N-dealkylation sites (tertiary alicyclic amines) is 1. The average Bonchev–Trinajstić information content (AvgIpc) is 2.40. The van der Waals surface area contributed by atoms with E-state index in [0.717, 1.165) is 18.9 Å². The molecule has 0 aliphatic carbocycles. The predicted molar refractivity (Wildman–Crippen MR) is 72.3 cm³/mol. The van der Waals surface area contributed by atoms with E-state index < -0.39 is 11.8 Å². The van der Waals surface area contributed by atoms with Crippen LogP contribution in [0.2, 0.25) is 5.02 Å². The highest BCUT2D eigenvalue weighted by Gasteiger charge is 2.26. The fourth-order valence-corrected chi connectivity index (χ4v) is 2.59. The van der Waals surface area contributed by atoms with E-state index in [1.807, 2.05) is 0 Å². The lowest BCUT2D eigenvalue weighted by Gasteiger charge is -2.32. The summed E-state index contributed by atoms with van der Waals surface area (Å²) in [6.07, 6.45) is 1.61. The average molecular weight is 300 g/mol. The van der Waals surface area contributed by atoms with Crippen LogP contribution in [0.3, 0.4) is 0 Å². The Bertz CT molecular complexity index is 535. The second-order valence-corrected chi connectivity index (χ2v) is 5.39. The van der Waals surface area contributed by atoms with Gasteiger partial charge in [0.15, 0.2) is 0 Å². The van der Waals surface area contributed by atoms with Gasteiger partial charge in [0.1, 0.15) is 5.82 Å². The second-order valence-electron chi connectivity index (χ2n) is 4.99. The molecule has 0 radical (unpaired) electrons. The third kappa shape index (κ3) is 3.48. The van der Waals surface area contributed by atoms with Gasteiger partial charge in [-0.25, -0.2) is 4.39 Å². The number of nitrogens with zero attached hydrogens (tertiary/aromatic N) is 1. The van der Waals surface area contributed by atoms with E-state index in [2.05, 4.69) is 0 Å². The van der Waals surface area contributed by atoms with Crippen molar-refractivity contribution >= 4 is 23.5 Å². The van der Waals surface area contributed by atoms with Gasteiger partial charge in [-0.1, -0.05) is 11.6 Å². The Balaban J connectivity index is 2.08. The Morgan fingerprint density at radius 2 is 2.20 bits per heavy atom. The van der Waals surface area contributed by atoms with Gasteiger partial charge < -0.3 is 10.0 Å². The van der Waals surface area contributed by atoms with Crippen LogP contribution in [0.15, 0.2) is 18.2 Å². The number of carboxylic acid groups (broad SMARTS) is 1. The monoisotopic (exact) mass is 299 g/mol. The van der Waals surface area contributed by atoms with E-state index in [4.69, 9.17) is 16.7 Å². The van der Waals surface area contributed by atoms with Crippen molar-refractivity contribution in [1.82, 2.24) is 4.90 Å². The summed E-state index contributed by atoms with van der Waals surface area (Å²) < 4.78 is 13.4. The summed E-state index contributed by atoms with van der Waals surface area (Å²) in [6.45, 7) is 0.967. The summed E-state index contributed by atoms with van der Waals surface area (Å²) in [5.41, 5.74) is 0.239. The maximum Gasteiger partial charge on any atom is 0.303 e. The zero-order chi connectivity index (χ0) is 14.7. The molecule has 2 rings (SSSR count). The van der Waals surface area contributed by atoms with Gasteiger partial charge in [0.2, 0.25) is 0 Å². The summed E-state index contributed by atoms with van der Waals surface area (Å²) in [5.74, 6) is -1.81.